The Bertz CT molecular complexity index is 690. The fourth-order valence-corrected chi connectivity index (χ4v) is 3.62. The summed E-state index contributed by atoms with van der Waals surface area (Å²) in [6, 6.07) is 5.94. The number of hydrogen-bond acceptors (Lipinski definition) is 4. The fourth-order valence-electron chi connectivity index (χ4n) is 3.62. The first-order valence-electron chi connectivity index (χ1n) is 8.22. The number of benzene rings is 1. The minimum absolute atomic E-state index is 0.183. The molecule has 120 valence electrons. The first kappa shape index (κ1) is 14.5. The van der Waals surface area contributed by atoms with Crippen LogP contribution < -0.4 is 15.4 Å². The zero-order valence-corrected chi connectivity index (χ0v) is 12.9. The predicted octanol–water partition coefficient (Wildman–Crippen LogP) is 1.73. The molecule has 23 heavy (non-hydrogen) atoms. The molecule has 1 aromatic carbocycles. The molecule has 3 aliphatic heterocycles. The summed E-state index contributed by atoms with van der Waals surface area (Å²) in [5.74, 6) is 0.189. The van der Waals surface area contributed by atoms with E-state index in [4.69, 9.17) is 4.74 Å². The van der Waals surface area contributed by atoms with E-state index < -0.39 is 0 Å². The number of amides is 2. The van der Waals surface area contributed by atoms with Gasteiger partial charge in [-0.1, -0.05) is 18.2 Å². The van der Waals surface area contributed by atoms with E-state index in [9.17, 15) is 9.59 Å². The number of ether oxygens (including phenoxy) is 1. The van der Waals surface area contributed by atoms with Crippen LogP contribution in [0.4, 0.5) is 0 Å². The summed E-state index contributed by atoms with van der Waals surface area (Å²) in [4.78, 5) is 23.4. The molecule has 4 rings (SSSR count). The van der Waals surface area contributed by atoms with Crippen molar-refractivity contribution in [3.63, 3.8) is 0 Å². The summed E-state index contributed by atoms with van der Waals surface area (Å²) in [5, 5.41) is 5.78. The average molecular weight is 312 g/mol. The highest BCUT2D eigenvalue weighted by Gasteiger charge is 2.35. The molecule has 5 heteroatoms. The van der Waals surface area contributed by atoms with Gasteiger partial charge in [-0.2, -0.15) is 0 Å². The van der Waals surface area contributed by atoms with Gasteiger partial charge in [0, 0.05) is 24.8 Å². The third-order valence-corrected chi connectivity index (χ3v) is 5.01. The standard InChI is InChI=1S/C18H20N2O3/c21-16-4-3-14(17(22)20-16)13-2-1-12-5-6-18(23-15(12)11-13)7-9-19-10-8-18/h1-2,5-6,11,14,19H,3-4,7-10H2,(H,20,21,22). The van der Waals surface area contributed by atoms with Crippen LogP contribution in [0.25, 0.3) is 6.08 Å². The Morgan fingerprint density at radius 3 is 2.78 bits per heavy atom. The molecule has 2 N–H and O–H groups in total. The van der Waals surface area contributed by atoms with Gasteiger partial charge in [0.2, 0.25) is 11.8 Å². The Hall–Kier alpha value is -2.14. The monoisotopic (exact) mass is 312 g/mol. The van der Waals surface area contributed by atoms with Crippen LogP contribution in [0.1, 0.15) is 42.7 Å². The van der Waals surface area contributed by atoms with Crippen LogP contribution in [0.2, 0.25) is 0 Å². The third kappa shape index (κ3) is 2.65. The maximum atomic E-state index is 12.1. The molecular formula is C18H20N2O3. The van der Waals surface area contributed by atoms with Crippen molar-refractivity contribution in [3.8, 4) is 5.75 Å². The fraction of sp³-hybridized carbons (Fsp3) is 0.444. The number of fused-ring (bicyclic) bond motifs is 1. The molecule has 2 saturated heterocycles. The topological polar surface area (TPSA) is 67.4 Å². The zero-order chi connectivity index (χ0) is 15.9. The number of carbonyl (C=O) groups is 2. The Kier molecular flexibility index (Phi) is 3.45. The molecule has 0 bridgehead atoms. The van der Waals surface area contributed by atoms with Crippen LogP contribution in [0.15, 0.2) is 24.3 Å². The number of hydrogen-bond donors (Lipinski definition) is 2. The zero-order valence-electron chi connectivity index (χ0n) is 12.9. The van der Waals surface area contributed by atoms with Gasteiger partial charge in [-0.15, -0.1) is 0 Å². The summed E-state index contributed by atoms with van der Waals surface area (Å²) in [7, 11) is 0. The van der Waals surface area contributed by atoms with E-state index in [2.05, 4.69) is 22.8 Å². The van der Waals surface area contributed by atoms with Gasteiger partial charge in [0.25, 0.3) is 0 Å². The molecule has 2 amide bonds. The van der Waals surface area contributed by atoms with Crippen molar-refractivity contribution in [1.82, 2.24) is 10.6 Å². The number of imide groups is 1. The lowest BCUT2D eigenvalue weighted by molar-refractivity contribution is -0.134. The van der Waals surface area contributed by atoms with E-state index in [0.29, 0.717) is 12.8 Å². The first-order valence-corrected chi connectivity index (χ1v) is 8.22. The molecule has 3 aliphatic rings. The predicted molar refractivity (Wildman–Crippen MR) is 86.1 cm³/mol. The van der Waals surface area contributed by atoms with E-state index in [0.717, 1.165) is 42.8 Å². The van der Waals surface area contributed by atoms with E-state index in [-0.39, 0.29) is 23.3 Å². The molecule has 0 aliphatic carbocycles. The Morgan fingerprint density at radius 2 is 2.00 bits per heavy atom. The average Bonchev–Trinajstić information content (AvgIpc) is 2.55. The first-order chi connectivity index (χ1) is 11.2. The van der Waals surface area contributed by atoms with Gasteiger partial charge in [0.15, 0.2) is 0 Å². The lowest BCUT2D eigenvalue weighted by Crippen LogP contribution is -2.45. The van der Waals surface area contributed by atoms with Crippen molar-refractivity contribution < 1.29 is 14.3 Å². The normalized spacial score (nSPS) is 25.7. The molecule has 5 nitrogen and oxygen atoms in total. The van der Waals surface area contributed by atoms with Gasteiger partial charge in [0.1, 0.15) is 11.4 Å². The van der Waals surface area contributed by atoms with Crippen molar-refractivity contribution in [2.75, 3.05) is 13.1 Å². The SMILES string of the molecule is O=C1CCC(c2ccc3c(c2)OC2(C=C3)CCNCC2)C(=O)N1. The summed E-state index contributed by atoms with van der Waals surface area (Å²) < 4.78 is 6.32. The second-order valence-corrected chi connectivity index (χ2v) is 6.55. The molecule has 1 aromatic rings. The smallest absolute Gasteiger partial charge is 0.234 e. The van der Waals surface area contributed by atoms with Gasteiger partial charge >= 0.3 is 0 Å². The molecule has 1 unspecified atom stereocenters. The highest BCUT2D eigenvalue weighted by molar-refractivity contribution is 6.01. The largest absolute Gasteiger partial charge is 0.482 e. The van der Waals surface area contributed by atoms with Crippen molar-refractivity contribution in [3.05, 3.63) is 35.4 Å². The molecule has 1 spiro atoms. The van der Waals surface area contributed by atoms with E-state index >= 15 is 0 Å². The van der Waals surface area contributed by atoms with Crippen molar-refractivity contribution in [2.45, 2.75) is 37.2 Å². The molecule has 0 aromatic heterocycles. The van der Waals surface area contributed by atoms with Crippen LogP contribution in [0.5, 0.6) is 5.75 Å². The van der Waals surface area contributed by atoms with E-state index in [1.165, 1.54) is 0 Å². The number of nitrogens with one attached hydrogen (secondary N) is 2. The number of rotatable bonds is 1. The maximum absolute atomic E-state index is 12.1. The van der Waals surface area contributed by atoms with Crippen LogP contribution >= 0.6 is 0 Å². The quantitative estimate of drug-likeness (QED) is 0.775. The van der Waals surface area contributed by atoms with E-state index in [1.807, 2.05) is 18.2 Å². The van der Waals surface area contributed by atoms with Gasteiger partial charge in [0.05, 0.1) is 5.92 Å². The Balaban J connectivity index is 1.61. The number of piperidine rings is 2. The van der Waals surface area contributed by atoms with Crippen molar-refractivity contribution in [1.29, 1.82) is 0 Å². The number of carbonyl (C=O) groups excluding carboxylic acids is 2. The van der Waals surface area contributed by atoms with Crippen LogP contribution in [-0.4, -0.2) is 30.5 Å². The highest BCUT2D eigenvalue weighted by atomic mass is 16.5. The van der Waals surface area contributed by atoms with Crippen LogP contribution in [0, 0.1) is 0 Å². The minimum Gasteiger partial charge on any atom is -0.482 e. The van der Waals surface area contributed by atoms with E-state index in [1.54, 1.807) is 0 Å². The lowest BCUT2D eigenvalue weighted by atomic mass is 9.86. The van der Waals surface area contributed by atoms with Gasteiger partial charge < -0.3 is 10.1 Å². The third-order valence-electron chi connectivity index (χ3n) is 5.01. The molecule has 2 fully saturated rings. The van der Waals surface area contributed by atoms with Crippen molar-refractivity contribution >= 4 is 17.9 Å². The highest BCUT2D eigenvalue weighted by Crippen LogP contribution is 2.38. The summed E-state index contributed by atoms with van der Waals surface area (Å²) in [6.07, 6.45) is 7.15. The van der Waals surface area contributed by atoms with Crippen molar-refractivity contribution in [2.24, 2.45) is 0 Å². The summed E-state index contributed by atoms with van der Waals surface area (Å²) in [6.45, 7) is 1.90. The van der Waals surface area contributed by atoms with Crippen LogP contribution in [0.3, 0.4) is 0 Å². The second kappa shape index (κ2) is 5.49. The maximum Gasteiger partial charge on any atom is 0.234 e. The van der Waals surface area contributed by atoms with Gasteiger partial charge in [-0.05, 0) is 37.2 Å². The minimum atomic E-state index is -0.267. The lowest BCUT2D eigenvalue weighted by Gasteiger charge is -2.38. The summed E-state index contributed by atoms with van der Waals surface area (Å²) in [5.41, 5.74) is 1.75. The summed E-state index contributed by atoms with van der Waals surface area (Å²) >= 11 is 0. The van der Waals surface area contributed by atoms with Gasteiger partial charge in [-0.3, -0.25) is 14.9 Å². The molecule has 1 atom stereocenters. The molecule has 0 saturated carbocycles. The Morgan fingerprint density at radius 1 is 1.17 bits per heavy atom. The molecule has 0 radical (unpaired) electrons. The molecule has 3 heterocycles. The Labute approximate surface area is 135 Å². The van der Waals surface area contributed by atoms with Gasteiger partial charge in [-0.25, -0.2) is 0 Å². The molecular weight excluding hydrogens is 292 g/mol. The second-order valence-electron chi connectivity index (χ2n) is 6.55. The van der Waals surface area contributed by atoms with Crippen LogP contribution in [-0.2, 0) is 9.59 Å².